The van der Waals surface area contributed by atoms with Crippen LogP contribution in [0.5, 0.6) is 0 Å². The number of carbonyl (C=O) groups excluding carboxylic acids is 1. The Kier molecular flexibility index (Phi) is 3.25. The molecule has 100 valence electrons. The van der Waals surface area contributed by atoms with E-state index in [1.807, 2.05) is 31.2 Å². The first-order chi connectivity index (χ1) is 9.25. The molecule has 1 amide bonds. The van der Waals surface area contributed by atoms with Gasteiger partial charge in [-0.15, -0.1) is 0 Å². The predicted octanol–water partition coefficient (Wildman–Crippen LogP) is 2.41. The van der Waals surface area contributed by atoms with E-state index < -0.39 is 0 Å². The Labute approximate surface area is 112 Å². The van der Waals surface area contributed by atoms with Gasteiger partial charge in [-0.2, -0.15) is 0 Å². The van der Waals surface area contributed by atoms with Crippen molar-refractivity contribution < 1.29 is 4.79 Å². The summed E-state index contributed by atoms with van der Waals surface area (Å²) in [7, 11) is 0. The third kappa shape index (κ3) is 2.36. The lowest BCUT2D eigenvalue weighted by Crippen LogP contribution is -2.34. The highest BCUT2D eigenvalue weighted by Gasteiger charge is 2.22. The molecule has 3 N–H and O–H groups in total. The fourth-order valence-corrected chi connectivity index (χ4v) is 2.75. The molecule has 1 aliphatic heterocycles. The summed E-state index contributed by atoms with van der Waals surface area (Å²) >= 11 is 0. The Morgan fingerprint density at radius 2 is 2.00 bits per heavy atom. The monoisotopic (exact) mass is 257 g/mol. The number of aromatic nitrogens is 1. The maximum atomic E-state index is 12.3. The molecule has 1 fully saturated rings. The quantitative estimate of drug-likeness (QED) is 0.774. The molecule has 1 saturated heterocycles. The molecule has 0 radical (unpaired) electrons. The van der Waals surface area contributed by atoms with Crippen molar-refractivity contribution in [2.75, 3.05) is 18.4 Å². The molecule has 0 aliphatic carbocycles. The van der Waals surface area contributed by atoms with Crippen molar-refractivity contribution in [3.8, 4) is 0 Å². The number of hydrogen-bond acceptors (Lipinski definition) is 2. The average molecular weight is 257 g/mol. The number of para-hydroxylation sites is 1. The first-order valence-corrected chi connectivity index (χ1v) is 6.84. The number of rotatable bonds is 2. The van der Waals surface area contributed by atoms with Crippen molar-refractivity contribution >= 4 is 22.5 Å². The Morgan fingerprint density at radius 3 is 2.79 bits per heavy atom. The first kappa shape index (κ1) is 12.2. The third-order valence-corrected chi connectivity index (χ3v) is 3.85. The smallest absolute Gasteiger partial charge is 0.227 e. The van der Waals surface area contributed by atoms with Crippen molar-refractivity contribution in [3.63, 3.8) is 0 Å². The van der Waals surface area contributed by atoms with Crippen LogP contribution < -0.4 is 10.6 Å². The van der Waals surface area contributed by atoms with Crippen molar-refractivity contribution in [2.45, 2.75) is 19.8 Å². The van der Waals surface area contributed by atoms with Crippen LogP contribution in [0, 0.1) is 12.8 Å². The van der Waals surface area contributed by atoms with Gasteiger partial charge in [-0.25, -0.2) is 0 Å². The van der Waals surface area contributed by atoms with Crippen LogP contribution in [0.3, 0.4) is 0 Å². The molecule has 3 rings (SSSR count). The summed E-state index contributed by atoms with van der Waals surface area (Å²) in [5.41, 5.74) is 3.02. The highest BCUT2D eigenvalue weighted by atomic mass is 16.1. The van der Waals surface area contributed by atoms with Gasteiger partial charge in [-0.05, 0) is 38.9 Å². The topological polar surface area (TPSA) is 56.9 Å². The van der Waals surface area contributed by atoms with Gasteiger partial charge >= 0.3 is 0 Å². The normalized spacial score (nSPS) is 16.7. The van der Waals surface area contributed by atoms with E-state index in [1.54, 1.807) is 0 Å². The minimum absolute atomic E-state index is 0.134. The Hall–Kier alpha value is -1.81. The Morgan fingerprint density at radius 1 is 1.26 bits per heavy atom. The number of aromatic amines is 1. The SMILES string of the molecule is Cc1[nH]c2ccccc2c1NC(=O)C1CCNCC1. The molecule has 4 heteroatoms. The fraction of sp³-hybridized carbons (Fsp3) is 0.400. The number of piperidine rings is 1. The molecule has 4 nitrogen and oxygen atoms in total. The zero-order valence-electron chi connectivity index (χ0n) is 11.1. The minimum atomic E-state index is 0.134. The number of hydrogen-bond donors (Lipinski definition) is 3. The van der Waals surface area contributed by atoms with Crippen LogP contribution in [0.4, 0.5) is 5.69 Å². The minimum Gasteiger partial charge on any atom is -0.357 e. The fourth-order valence-electron chi connectivity index (χ4n) is 2.75. The molecule has 1 aromatic heterocycles. The molecular formula is C15H19N3O. The van der Waals surface area contributed by atoms with Crippen molar-refractivity contribution in [3.05, 3.63) is 30.0 Å². The summed E-state index contributed by atoms with van der Waals surface area (Å²) in [5.74, 6) is 0.281. The van der Waals surface area contributed by atoms with Gasteiger partial charge in [-0.3, -0.25) is 4.79 Å². The van der Waals surface area contributed by atoms with E-state index in [2.05, 4.69) is 15.6 Å². The second-order valence-corrected chi connectivity index (χ2v) is 5.18. The maximum absolute atomic E-state index is 12.3. The van der Waals surface area contributed by atoms with E-state index in [0.717, 1.165) is 48.2 Å². The van der Waals surface area contributed by atoms with Crippen LogP contribution in [-0.2, 0) is 4.79 Å². The zero-order chi connectivity index (χ0) is 13.2. The van der Waals surface area contributed by atoms with Gasteiger partial charge in [0.25, 0.3) is 0 Å². The largest absolute Gasteiger partial charge is 0.357 e. The predicted molar refractivity (Wildman–Crippen MR) is 77.3 cm³/mol. The molecule has 1 aliphatic rings. The highest BCUT2D eigenvalue weighted by Crippen LogP contribution is 2.28. The molecular weight excluding hydrogens is 238 g/mol. The number of anilines is 1. The van der Waals surface area contributed by atoms with Gasteiger partial charge in [0.15, 0.2) is 0 Å². The van der Waals surface area contributed by atoms with Crippen molar-refractivity contribution in [2.24, 2.45) is 5.92 Å². The van der Waals surface area contributed by atoms with Crippen LogP contribution in [0.2, 0.25) is 0 Å². The highest BCUT2D eigenvalue weighted by molar-refractivity contribution is 6.03. The number of H-pyrrole nitrogens is 1. The number of aryl methyl sites for hydroxylation is 1. The number of fused-ring (bicyclic) bond motifs is 1. The van der Waals surface area contributed by atoms with Gasteiger partial charge in [0.2, 0.25) is 5.91 Å². The second kappa shape index (κ2) is 5.05. The molecule has 2 aromatic rings. The lowest BCUT2D eigenvalue weighted by molar-refractivity contribution is -0.120. The van der Waals surface area contributed by atoms with E-state index in [-0.39, 0.29) is 11.8 Å². The summed E-state index contributed by atoms with van der Waals surface area (Å²) in [6.45, 7) is 3.87. The Balaban J connectivity index is 1.84. The van der Waals surface area contributed by atoms with Crippen molar-refractivity contribution in [1.29, 1.82) is 0 Å². The number of benzene rings is 1. The van der Waals surface area contributed by atoms with Crippen LogP contribution >= 0.6 is 0 Å². The summed E-state index contributed by atoms with van der Waals surface area (Å²) < 4.78 is 0. The molecule has 0 unspecified atom stereocenters. The summed E-state index contributed by atoms with van der Waals surface area (Å²) in [6, 6.07) is 8.06. The van der Waals surface area contributed by atoms with E-state index >= 15 is 0 Å². The average Bonchev–Trinajstić information content (AvgIpc) is 2.76. The van der Waals surface area contributed by atoms with E-state index in [0.29, 0.717) is 0 Å². The number of carbonyl (C=O) groups is 1. The summed E-state index contributed by atoms with van der Waals surface area (Å²) in [4.78, 5) is 15.6. The lowest BCUT2D eigenvalue weighted by atomic mass is 9.97. The van der Waals surface area contributed by atoms with Crippen LogP contribution in [0.1, 0.15) is 18.5 Å². The summed E-state index contributed by atoms with van der Waals surface area (Å²) in [6.07, 6.45) is 1.85. The first-order valence-electron chi connectivity index (χ1n) is 6.84. The van der Waals surface area contributed by atoms with Gasteiger partial charge in [-0.1, -0.05) is 18.2 Å². The van der Waals surface area contributed by atoms with Crippen LogP contribution in [0.25, 0.3) is 10.9 Å². The van der Waals surface area contributed by atoms with Crippen molar-refractivity contribution in [1.82, 2.24) is 10.3 Å². The van der Waals surface area contributed by atoms with Gasteiger partial charge in [0.1, 0.15) is 0 Å². The Bertz CT molecular complexity index is 596. The van der Waals surface area contributed by atoms with E-state index in [4.69, 9.17) is 0 Å². The lowest BCUT2D eigenvalue weighted by Gasteiger charge is -2.21. The molecule has 2 heterocycles. The third-order valence-electron chi connectivity index (χ3n) is 3.85. The molecule has 0 spiro atoms. The standard InChI is InChI=1S/C15H19N3O/c1-10-14(12-4-2-3-5-13(12)17-10)18-15(19)11-6-8-16-9-7-11/h2-5,11,16-17H,6-9H2,1H3,(H,18,19). The molecule has 0 atom stereocenters. The van der Waals surface area contributed by atoms with Gasteiger partial charge in [0.05, 0.1) is 5.69 Å². The second-order valence-electron chi connectivity index (χ2n) is 5.18. The maximum Gasteiger partial charge on any atom is 0.227 e. The van der Waals surface area contributed by atoms with Gasteiger partial charge < -0.3 is 15.6 Å². The number of nitrogens with one attached hydrogen (secondary N) is 3. The summed E-state index contributed by atoms with van der Waals surface area (Å²) in [5, 5.41) is 7.47. The molecule has 19 heavy (non-hydrogen) atoms. The van der Waals surface area contributed by atoms with Crippen LogP contribution in [-0.4, -0.2) is 24.0 Å². The molecule has 0 saturated carbocycles. The molecule has 0 bridgehead atoms. The number of amides is 1. The van der Waals surface area contributed by atoms with Crippen LogP contribution in [0.15, 0.2) is 24.3 Å². The molecule has 1 aromatic carbocycles. The zero-order valence-corrected chi connectivity index (χ0v) is 11.1. The van der Waals surface area contributed by atoms with E-state index in [9.17, 15) is 4.79 Å². The van der Waals surface area contributed by atoms with Gasteiger partial charge in [0, 0.05) is 22.5 Å². The van der Waals surface area contributed by atoms with E-state index in [1.165, 1.54) is 0 Å².